The maximum absolute atomic E-state index is 13.2. The van der Waals surface area contributed by atoms with Crippen molar-refractivity contribution in [2.24, 2.45) is 11.8 Å². The van der Waals surface area contributed by atoms with Crippen LogP contribution in [0.2, 0.25) is 0 Å². The number of piperidine rings is 4. The van der Waals surface area contributed by atoms with Crippen molar-refractivity contribution >= 4 is 24.4 Å². The Morgan fingerprint density at radius 1 is 0.426 bits per heavy atom. The molecule has 4 aliphatic heterocycles. The summed E-state index contributed by atoms with van der Waals surface area (Å²) in [7, 11) is 0. The van der Waals surface area contributed by atoms with Gasteiger partial charge in [-0.15, -0.1) is 0 Å². The molecule has 0 unspecified atom stereocenters. The van der Waals surface area contributed by atoms with E-state index in [1.807, 2.05) is 24.3 Å². The van der Waals surface area contributed by atoms with E-state index in [0.717, 1.165) is 88.2 Å². The Morgan fingerprint density at radius 3 is 0.963 bits per heavy atom. The minimum Gasteiger partial charge on any atom is -0.406 e. The van der Waals surface area contributed by atoms with Gasteiger partial charge in [0.25, 0.3) is 0 Å². The molecule has 2 atom stereocenters. The molecular formula is C42H58N4O8. The molecule has 12 heteroatoms. The highest BCUT2D eigenvalue weighted by Gasteiger charge is 2.27. The molecule has 54 heavy (non-hydrogen) atoms. The van der Waals surface area contributed by atoms with Crippen molar-refractivity contribution in [2.75, 3.05) is 52.4 Å². The standard InChI is InChI=1S/C42H58N4O8/c1-31(27-33-15-17-35(51-39(47)43-19-7-3-8-20-43)37(29-33)53-41(49)45-23-11-5-12-24-45)32(2)28-34-16-18-36(52-40(48)44-21-9-4-10-22-44)38(30-34)54-42(50)46-25-13-6-14-26-46/h15-18,29-32H,3-14,19-28H2,1-2H3/t31-,32+. The molecule has 0 saturated carbocycles. The zero-order valence-corrected chi connectivity index (χ0v) is 32.2. The summed E-state index contributed by atoms with van der Waals surface area (Å²) in [5, 5.41) is 0. The van der Waals surface area contributed by atoms with Crippen LogP contribution in [0.5, 0.6) is 23.0 Å². The third-order valence-electron chi connectivity index (χ3n) is 11.3. The van der Waals surface area contributed by atoms with E-state index in [1.165, 1.54) is 0 Å². The summed E-state index contributed by atoms with van der Waals surface area (Å²) in [6, 6.07) is 11.0. The molecule has 0 aromatic heterocycles. The van der Waals surface area contributed by atoms with Crippen LogP contribution in [0, 0.1) is 11.8 Å². The number of ether oxygens (including phenoxy) is 4. The van der Waals surface area contributed by atoms with Gasteiger partial charge in [0.2, 0.25) is 0 Å². The van der Waals surface area contributed by atoms with E-state index in [9.17, 15) is 19.2 Å². The molecule has 4 aliphatic rings. The van der Waals surface area contributed by atoms with Gasteiger partial charge in [0.05, 0.1) is 0 Å². The lowest BCUT2D eigenvalue weighted by molar-refractivity contribution is 0.132. The number of likely N-dealkylation sites (tertiary alicyclic amines) is 4. The molecule has 294 valence electrons. The molecule has 4 saturated heterocycles. The maximum Gasteiger partial charge on any atom is 0.415 e. The molecular weight excluding hydrogens is 688 g/mol. The monoisotopic (exact) mass is 746 g/mol. The second-order valence-electron chi connectivity index (χ2n) is 15.6. The Morgan fingerprint density at radius 2 is 0.685 bits per heavy atom. The fourth-order valence-corrected chi connectivity index (χ4v) is 7.77. The first-order valence-electron chi connectivity index (χ1n) is 20.4. The van der Waals surface area contributed by atoms with Crippen LogP contribution in [0.15, 0.2) is 36.4 Å². The van der Waals surface area contributed by atoms with E-state index in [4.69, 9.17) is 18.9 Å². The molecule has 6 rings (SSSR count). The highest BCUT2D eigenvalue weighted by Crippen LogP contribution is 2.35. The molecule has 0 aliphatic carbocycles. The topological polar surface area (TPSA) is 118 Å². The van der Waals surface area contributed by atoms with Crippen molar-refractivity contribution in [3.63, 3.8) is 0 Å². The molecule has 0 N–H and O–H groups in total. The second kappa shape index (κ2) is 19.2. The quantitative estimate of drug-likeness (QED) is 0.250. The lowest BCUT2D eigenvalue weighted by atomic mass is 9.85. The van der Waals surface area contributed by atoms with Gasteiger partial charge in [-0.25, -0.2) is 19.2 Å². The largest absolute Gasteiger partial charge is 0.415 e. The van der Waals surface area contributed by atoms with Gasteiger partial charge >= 0.3 is 24.4 Å². The van der Waals surface area contributed by atoms with Crippen molar-refractivity contribution in [3.05, 3.63) is 47.5 Å². The average molecular weight is 747 g/mol. The van der Waals surface area contributed by atoms with E-state index in [-0.39, 0.29) is 34.8 Å². The van der Waals surface area contributed by atoms with Gasteiger partial charge in [-0.3, -0.25) is 0 Å². The van der Waals surface area contributed by atoms with Crippen molar-refractivity contribution in [2.45, 2.75) is 104 Å². The Hall–Kier alpha value is -4.48. The predicted molar refractivity (Wildman–Crippen MR) is 204 cm³/mol. The summed E-state index contributed by atoms with van der Waals surface area (Å²) >= 11 is 0. The first kappa shape index (κ1) is 39.2. The summed E-state index contributed by atoms with van der Waals surface area (Å²) in [6.45, 7) is 9.59. The number of amides is 4. The van der Waals surface area contributed by atoms with Crippen LogP contribution >= 0.6 is 0 Å². The second-order valence-corrected chi connectivity index (χ2v) is 15.6. The Bertz CT molecular complexity index is 1480. The zero-order valence-electron chi connectivity index (χ0n) is 32.2. The number of carbonyl (C=O) groups excluding carboxylic acids is 4. The summed E-state index contributed by atoms with van der Waals surface area (Å²) in [5.41, 5.74) is 1.93. The molecule has 2 aromatic rings. The van der Waals surface area contributed by atoms with Crippen LogP contribution in [0.25, 0.3) is 0 Å². The number of hydrogen-bond acceptors (Lipinski definition) is 8. The highest BCUT2D eigenvalue weighted by atomic mass is 16.6. The number of rotatable bonds is 9. The minimum absolute atomic E-state index is 0.202. The maximum atomic E-state index is 13.2. The first-order chi connectivity index (χ1) is 26.2. The number of hydrogen-bond donors (Lipinski definition) is 0. The van der Waals surface area contributed by atoms with Crippen LogP contribution in [0.3, 0.4) is 0 Å². The summed E-state index contributed by atoms with van der Waals surface area (Å²) < 4.78 is 23.5. The van der Waals surface area contributed by atoms with E-state index >= 15 is 0 Å². The van der Waals surface area contributed by atoms with Crippen molar-refractivity contribution in [1.82, 2.24) is 19.6 Å². The number of carbonyl (C=O) groups is 4. The van der Waals surface area contributed by atoms with Crippen LogP contribution in [0.4, 0.5) is 19.2 Å². The van der Waals surface area contributed by atoms with Crippen molar-refractivity contribution in [3.8, 4) is 23.0 Å². The molecule has 0 spiro atoms. The normalized spacial score (nSPS) is 19.1. The SMILES string of the molecule is C[C@H](Cc1ccc(OC(=O)N2CCCCC2)c(OC(=O)N2CCCCC2)c1)[C@@H](C)Cc1ccc(OC(=O)N2CCCCC2)c(OC(=O)N2CCCCC2)c1. The van der Waals surface area contributed by atoms with Gasteiger partial charge < -0.3 is 38.5 Å². The van der Waals surface area contributed by atoms with Gasteiger partial charge in [0, 0.05) is 52.4 Å². The molecule has 12 nitrogen and oxygen atoms in total. The number of nitrogens with zero attached hydrogens (tertiary/aromatic N) is 4. The predicted octanol–water partition coefficient (Wildman–Crippen LogP) is 8.68. The van der Waals surface area contributed by atoms with Crippen LogP contribution in [0.1, 0.15) is 102 Å². The Labute approximate surface area is 320 Å². The molecule has 4 heterocycles. The van der Waals surface area contributed by atoms with Crippen molar-refractivity contribution in [1.29, 1.82) is 0 Å². The van der Waals surface area contributed by atoms with Gasteiger partial charge in [0.1, 0.15) is 0 Å². The first-order valence-corrected chi connectivity index (χ1v) is 20.4. The summed E-state index contributed by atoms with van der Waals surface area (Å²) in [4.78, 5) is 59.3. The van der Waals surface area contributed by atoms with E-state index in [2.05, 4.69) is 13.8 Å². The smallest absolute Gasteiger partial charge is 0.406 e. The van der Waals surface area contributed by atoms with Crippen LogP contribution in [-0.4, -0.2) is 96.3 Å². The van der Waals surface area contributed by atoms with Crippen molar-refractivity contribution < 1.29 is 38.1 Å². The van der Waals surface area contributed by atoms with E-state index in [0.29, 0.717) is 65.2 Å². The lowest BCUT2D eigenvalue weighted by Gasteiger charge is -2.28. The fourth-order valence-electron chi connectivity index (χ4n) is 7.77. The number of benzene rings is 2. The van der Waals surface area contributed by atoms with Gasteiger partial charge in [0.15, 0.2) is 23.0 Å². The average Bonchev–Trinajstić information content (AvgIpc) is 3.21. The minimum atomic E-state index is -0.426. The molecule has 2 aromatic carbocycles. The fraction of sp³-hybridized carbons (Fsp3) is 0.619. The zero-order chi connectivity index (χ0) is 37.9. The lowest BCUT2D eigenvalue weighted by Crippen LogP contribution is -2.38. The highest BCUT2D eigenvalue weighted by molar-refractivity contribution is 5.76. The van der Waals surface area contributed by atoms with Gasteiger partial charge in [-0.1, -0.05) is 26.0 Å². The third kappa shape index (κ3) is 10.8. The third-order valence-corrected chi connectivity index (χ3v) is 11.3. The molecule has 0 radical (unpaired) electrons. The molecule has 4 fully saturated rings. The van der Waals surface area contributed by atoms with Crippen LogP contribution in [-0.2, 0) is 12.8 Å². The Balaban J connectivity index is 1.14. The van der Waals surface area contributed by atoms with Crippen LogP contribution < -0.4 is 18.9 Å². The van der Waals surface area contributed by atoms with E-state index < -0.39 is 24.4 Å². The van der Waals surface area contributed by atoms with Gasteiger partial charge in [-0.2, -0.15) is 0 Å². The Kier molecular flexibility index (Phi) is 14.0. The summed E-state index contributed by atoms with van der Waals surface area (Å²) in [5.74, 6) is 1.40. The van der Waals surface area contributed by atoms with Gasteiger partial charge in [-0.05, 0) is 137 Å². The molecule has 0 bridgehead atoms. The molecule has 4 amide bonds. The summed E-state index contributed by atoms with van der Waals surface area (Å²) in [6.07, 6.45) is 11.6. The van der Waals surface area contributed by atoms with E-state index in [1.54, 1.807) is 31.7 Å².